The fourth-order valence-electron chi connectivity index (χ4n) is 1.87. The molecule has 0 aliphatic heterocycles. The summed E-state index contributed by atoms with van der Waals surface area (Å²) >= 11 is 5.00. The van der Waals surface area contributed by atoms with Crippen molar-refractivity contribution in [2.45, 2.75) is 52.4 Å². The third-order valence-corrected chi connectivity index (χ3v) is 3.11. The molecule has 94 valence electrons. The standard InChI is InChI=1S/C9H18ClN2O3P/c1-7(2)12(8(3)4)9(5,6-11)14-16(13)15-10/h7-8,13H,1-5H3. The Morgan fingerprint density at radius 3 is 2.06 bits per heavy atom. The lowest BCUT2D eigenvalue weighted by molar-refractivity contribution is -0.0665. The van der Waals surface area contributed by atoms with Crippen molar-refractivity contribution < 1.29 is 13.5 Å². The molecule has 0 aromatic rings. The van der Waals surface area contributed by atoms with Crippen molar-refractivity contribution in [1.82, 2.24) is 4.90 Å². The van der Waals surface area contributed by atoms with Gasteiger partial charge in [-0.2, -0.15) is 9.34 Å². The van der Waals surface area contributed by atoms with Crippen molar-refractivity contribution in [1.29, 1.82) is 5.26 Å². The van der Waals surface area contributed by atoms with Gasteiger partial charge in [0.25, 0.3) is 0 Å². The van der Waals surface area contributed by atoms with Gasteiger partial charge in [-0.15, -0.1) is 0 Å². The SMILES string of the molecule is CC(C)N(C(C)C)C(C)(C#N)OP(O)OCl. The molecule has 0 saturated carbocycles. The molecule has 0 heterocycles. The Morgan fingerprint density at radius 1 is 1.38 bits per heavy atom. The zero-order valence-electron chi connectivity index (χ0n) is 10.1. The van der Waals surface area contributed by atoms with Crippen LogP contribution in [0.4, 0.5) is 0 Å². The fourth-order valence-corrected chi connectivity index (χ4v) is 2.43. The highest BCUT2D eigenvalue weighted by molar-refractivity contribution is 7.41. The molecule has 0 saturated heterocycles. The van der Waals surface area contributed by atoms with Crippen molar-refractivity contribution in [3.8, 4) is 6.07 Å². The normalized spacial score (nSPS) is 17.6. The van der Waals surface area contributed by atoms with E-state index in [4.69, 9.17) is 16.4 Å². The first kappa shape index (κ1) is 16.1. The molecule has 0 aromatic carbocycles. The Bertz CT molecular complexity index is 252. The number of nitriles is 1. The molecule has 0 radical (unpaired) electrons. The molecular weight excluding hydrogens is 251 g/mol. The van der Waals surface area contributed by atoms with Crippen LogP contribution in [0.3, 0.4) is 0 Å². The van der Waals surface area contributed by atoms with Crippen LogP contribution in [-0.4, -0.2) is 27.6 Å². The van der Waals surface area contributed by atoms with Crippen LogP contribution in [-0.2, 0) is 8.60 Å². The maximum absolute atomic E-state index is 9.25. The lowest BCUT2D eigenvalue weighted by Gasteiger charge is -2.41. The van der Waals surface area contributed by atoms with Crippen LogP contribution in [0.1, 0.15) is 34.6 Å². The highest BCUT2D eigenvalue weighted by atomic mass is 35.5. The summed E-state index contributed by atoms with van der Waals surface area (Å²) in [5, 5.41) is 9.18. The molecule has 0 spiro atoms. The van der Waals surface area contributed by atoms with Gasteiger partial charge in [0, 0.05) is 12.1 Å². The Kier molecular flexibility index (Phi) is 6.73. The molecule has 7 heteroatoms. The molecule has 0 aromatic heterocycles. The van der Waals surface area contributed by atoms with Crippen molar-refractivity contribution in [3.05, 3.63) is 0 Å². The number of hydrogen-bond acceptors (Lipinski definition) is 5. The Hall–Kier alpha value is 0.0500. The topological polar surface area (TPSA) is 65.7 Å². The van der Waals surface area contributed by atoms with Gasteiger partial charge in [0.15, 0.2) is 0 Å². The number of nitrogens with zero attached hydrogens (tertiary/aromatic N) is 2. The summed E-state index contributed by atoms with van der Waals surface area (Å²) in [7, 11) is -2.25. The highest BCUT2D eigenvalue weighted by Gasteiger charge is 2.39. The van der Waals surface area contributed by atoms with Gasteiger partial charge in [-0.05, 0) is 34.6 Å². The molecular formula is C9H18ClN2O3P. The third-order valence-electron chi connectivity index (χ3n) is 2.13. The quantitative estimate of drug-likeness (QED) is 0.593. The molecule has 0 rings (SSSR count). The first-order valence-corrected chi connectivity index (χ1v) is 6.39. The largest absolute Gasteiger partial charge is 0.350 e. The predicted molar refractivity (Wildman–Crippen MR) is 63.3 cm³/mol. The summed E-state index contributed by atoms with van der Waals surface area (Å²) in [6, 6.07) is 2.20. The van der Waals surface area contributed by atoms with E-state index in [9.17, 15) is 10.2 Å². The molecule has 0 bridgehead atoms. The fraction of sp³-hybridized carbons (Fsp3) is 0.889. The number of halogens is 1. The van der Waals surface area contributed by atoms with Gasteiger partial charge in [-0.25, -0.2) is 0 Å². The van der Waals surface area contributed by atoms with Crippen molar-refractivity contribution in [2.24, 2.45) is 0 Å². The summed E-state index contributed by atoms with van der Waals surface area (Å²) in [4.78, 5) is 11.1. The van der Waals surface area contributed by atoms with Gasteiger partial charge >= 0.3 is 8.60 Å². The van der Waals surface area contributed by atoms with Crippen molar-refractivity contribution in [3.63, 3.8) is 0 Å². The lowest BCUT2D eigenvalue weighted by atomic mass is 10.1. The van der Waals surface area contributed by atoms with Crippen LogP contribution in [0.25, 0.3) is 0 Å². The first-order valence-electron chi connectivity index (χ1n) is 4.95. The van der Waals surface area contributed by atoms with Crippen molar-refractivity contribution >= 4 is 20.5 Å². The molecule has 16 heavy (non-hydrogen) atoms. The van der Waals surface area contributed by atoms with Crippen LogP contribution in [0, 0.1) is 11.3 Å². The molecule has 2 atom stereocenters. The number of hydrogen-bond donors (Lipinski definition) is 1. The van der Waals surface area contributed by atoms with Crippen LogP contribution in [0.5, 0.6) is 0 Å². The van der Waals surface area contributed by atoms with Crippen LogP contribution in [0.2, 0.25) is 0 Å². The molecule has 0 amide bonds. The first-order chi connectivity index (χ1) is 7.28. The second-order valence-corrected chi connectivity index (χ2v) is 5.30. The lowest BCUT2D eigenvalue weighted by Crippen LogP contribution is -2.53. The van der Waals surface area contributed by atoms with Crippen LogP contribution < -0.4 is 0 Å². The molecule has 5 nitrogen and oxygen atoms in total. The van der Waals surface area contributed by atoms with E-state index in [1.165, 1.54) is 0 Å². The van der Waals surface area contributed by atoms with Gasteiger partial charge in [0.2, 0.25) is 5.72 Å². The summed E-state index contributed by atoms with van der Waals surface area (Å²) in [5.41, 5.74) is -1.27. The van der Waals surface area contributed by atoms with Crippen LogP contribution in [0.15, 0.2) is 0 Å². The van der Waals surface area contributed by atoms with Gasteiger partial charge in [-0.1, -0.05) is 0 Å². The average molecular weight is 269 g/mol. The summed E-state index contributed by atoms with van der Waals surface area (Å²) in [5.74, 6) is 0. The Balaban J connectivity index is 4.97. The molecule has 0 fully saturated rings. The van der Waals surface area contributed by atoms with Gasteiger partial charge in [0.05, 0.1) is 11.9 Å². The molecule has 1 N–H and O–H groups in total. The minimum atomic E-state index is -2.25. The predicted octanol–water partition coefficient (Wildman–Crippen LogP) is 2.75. The second-order valence-electron chi connectivity index (χ2n) is 4.09. The Morgan fingerprint density at radius 2 is 1.81 bits per heavy atom. The van der Waals surface area contributed by atoms with E-state index < -0.39 is 14.3 Å². The monoisotopic (exact) mass is 268 g/mol. The average Bonchev–Trinajstić information content (AvgIpc) is 2.16. The zero-order chi connectivity index (χ0) is 12.9. The van der Waals surface area contributed by atoms with Gasteiger partial charge in [-0.3, -0.25) is 9.42 Å². The third kappa shape index (κ3) is 4.14. The minimum absolute atomic E-state index is 0.0865. The molecule has 0 aliphatic rings. The smallest absolute Gasteiger partial charge is 0.327 e. The molecule has 2 unspecified atom stereocenters. The van der Waals surface area contributed by atoms with E-state index in [1.807, 2.05) is 38.7 Å². The van der Waals surface area contributed by atoms with Gasteiger partial charge < -0.3 is 4.89 Å². The second kappa shape index (κ2) is 6.70. The van der Waals surface area contributed by atoms with E-state index in [0.717, 1.165) is 0 Å². The minimum Gasteiger partial charge on any atom is -0.327 e. The highest BCUT2D eigenvalue weighted by Crippen LogP contribution is 2.41. The maximum atomic E-state index is 9.25. The number of rotatable bonds is 6. The summed E-state index contributed by atoms with van der Waals surface area (Å²) in [6.07, 6.45) is 0. The molecule has 0 aliphatic carbocycles. The van der Waals surface area contributed by atoms with E-state index in [0.29, 0.717) is 0 Å². The van der Waals surface area contributed by atoms with Crippen molar-refractivity contribution in [2.75, 3.05) is 0 Å². The van der Waals surface area contributed by atoms with E-state index >= 15 is 0 Å². The van der Waals surface area contributed by atoms with Crippen LogP contribution >= 0.6 is 20.5 Å². The summed E-state index contributed by atoms with van der Waals surface area (Å²) in [6.45, 7) is 9.36. The van der Waals surface area contributed by atoms with E-state index in [1.54, 1.807) is 6.92 Å². The van der Waals surface area contributed by atoms with E-state index in [2.05, 4.69) is 4.08 Å². The van der Waals surface area contributed by atoms with Gasteiger partial charge in [0.1, 0.15) is 6.07 Å². The summed E-state index contributed by atoms with van der Waals surface area (Å²) < 4.78 is 9.30. The Labute approximate surface area is 103 Å². The maximum Gasteiger partial charge on any atom is 0.350 e. The van der Waals surface area contributed by atoms with E-state index in [-0.39, 0.29) is 12.1 Å². The zero-order valence-corrected chi connectivity index (χ0v) is 11.8.